The summed E-state index contributed by atoms with van der Waals surface area (Å²) in [7, 11) is 1.59. The fourth-order valence-corrected chi connectivity index (χ4v) is 3.32. The van der Waals surface area contributed by atoms with Crippen molar-refractivity contribution in [3.63, 3.8) is 0 Å². The highest BCUT2D eigenvalue weighted by molar-refractivity contribution is 5.88. The van der Waals surface area contributed by atoms with E-state index in [1.807, 2.05) is 30.3 Å². The van der Waals surface area contributed by atoms with Crippen molar-refractivity contribution in [1.29, 1.82) is 0 Å². The number of carbonyl (C=O) groups excluding carboxylic acids is 1. The number of carboxylic acid groups (broad SMARTS) is 1. The number of methoxy groups -OCH3 is 1. The molecule has 1 N–H and O–H groups in total. The molecule has 0 saturated carbocycles. The first-order valence-corrected chi connectivity index (χ1v) is 7.95. The number of ether oxygens (including phenoxy) is 1. The van der Waals surface area contributed by atoms with E-state index in [1.54, 1.807) is 18.2 Å². The Morgan fingerprint density at radius 3 is 2.88 bits per heavy atom. The van der Waals surface area contributed by atoms with Gasteiger partial charge in [-0.15, -0.1) is 0 Å². The lowest BCUT2D eigenvalue weighted by Gasteiger charge is -2.23. The molecule has 0 spiro atoms. The molecule has 1 aromatic heterocycles. The molecule has 2 heterocycles. The van der Waals surface area contributed by atoms with E-state index in [1.165, 1.54) is 0 Å². The van der Waals surface area contributed by atoms with Crippen LogP contribution in [-0.2, 0) is 20.7 Å². The summed E-state index contributed by atoms with van der Waals surface area (Å²) >= 11 is 0. The van der Waals surface area contributed by atoms with Crippen LogP contribution in [0.25, 0.3) is 10.9 Å². The second-order valence-corrected chi connectivity index (χ2v) is 6.06. The summed E-state index contributed by atoms with van der Waals surface area (Å²) in [5.74, 6) is -0.986. The fraction of sp³-hybridized carbons (Fsp3) is 0.389. The number of para-hydroxylation sites is 1. The molecule has 6 nitrogen and oxygen atoms in total. The Kier molecular flexibility index (Phi) is 4.76. The summed E-state index contributed by atoms with van der Waals surface area (Å²) in [5.41, 5.74) is 1.67. The average molecular weight is 328 g/mol. The zero-order valence-electron chi connectivity index (χ0n) is 13.5. The molecule has 1 amide bonds. The summed E-state index contributed by atoms with van der Waals surface area (Å²) < 4.78 is 5.32. The molecule has 3 rings (SSSR count). The van der Waals surface area contributed by atoms with Gasteiger partial charge in [0.2, 0.25) is 5.91 Å². The lowest BCUT2D eigenvalue weighted by atomic mass is 10.1. The minimum absolute atomic E-state index is 0.0562. The van der Waals surface area contributed by atoms with Gasteiger partial charge in [-0.3, -0.25) is 14.6 Å². The molecule has 24 heavy (non-hydrogen) atoms. The number of benzene rings is 1. The lowest BCUT2D eigenvalue weighted by Crippen LogP contribution is -2.38. The maximum absolute atomic E-state index is 12.8. The van der Waals surface area contributed by atoms with Crippen LogP contribution in [0.4, 0.5) is 0 Å². The minimum atomic E-state index is -0.901. The van der Waals surface area contributed by atoms with E-state index >= 15 is 0 Å². The van der Waals surface area contributed by atoms with Gasteiger partial charge < -0.3 is 14.7 Å². The summed E-state index contributed by atoms with van der Waals surface area (Å²) in [5, 5.41) is 10.1. The highest BCUT2D eigenvalue weighted by atomic mass is 16.5. The maximum atomic E-state index is 12.8. The van der Waals surface area contributed by atoms with Crippen LogP contribution in [0.1, 0.15) is 18.4 Å². The van der Waals surface area contributed by atoms with Gasteiger partial charge >= 0.3 is 5.97 Å². The third kappa shape index (κ3) is 3.38. The van der Waals surface area contributed by atoms with Crippen molar-refractivity contribution in [3.05, 3.63) is 42.1 Å². The maximum Gasteiger partial charge on any atom is 0.305 e. The summed E-state index contributed by atoms with van der Waals surface area (Å²) in [6.45, 7) is 0.436. The summed E-state index contributed by atoms with van der Waals surface area (Å²) in [6, 6.07) is 9.26. The normalized spacial score (nSPS) is 20.5. The molecule has 2 aromatic rings. The SMILES string of the molecule is COC1CC(CC(=O)O)N(C(=O)Cc2cccc3cccnc23)C1. The van der Waals surface area contributed by atoms with Crippen molar-refractivity contribution >= 4 is 22.8 Å². The van der Waals surface area contributed by atoms with Crippen LogP contribution in [0.15, 0.2) is 36.5 Å². The Hall–Kier alpha value is -2.47. The van der Waals surface area contributed by atoms with E-state index < -0.39 is 5.97 Å². The van der Waals surface area contributed by atoms with Crippen molar-refractivity contribution < 1.29 is 19.4 Å². The van der Waals surface area contributed by atoms with Crippen LogP contribution >= 0.6 is 0 Å². The Morgan fingerprint density at radius 2 is 2.12 bits per heavy atom. The van der Waals surface area contributed by atoms with Crippen LogP contribution in [0, 0.1) is 0 Å². The molecule has 1 saturated heterocycles. The molecule has 2 atom stereocenters. The van der Waals surface area contributed by atoms with Gasteiger partial charge in [0.1, 0.15) is 0 Å². The van der Waals surface area contributed by atoms with Crippen LogP contribution in [0.5, 0.6) is 0 Å². The van der Waals surface area contributed by atoms with Gasteiger partial charge in [0.25, 0.3) is 0 Å². The highest BCUT2D eigenvalue weighted by Crippen LogP contribution is 2.25. The third-order valence-electron chi connectivity index (χ3n) is 4.50. The second-order valence-electron chi connectivity index (χ2n) is 6.06. The van der Waals surface area contributed by atoms with Crippen LogP contribution < -0.4 is 0 Å². The molecular formula is C18H20N2O4. The zero-order valence-corrected chi connectivity index (χ0v) is 13.5. The molecule has 0 aliphatic carbocycles. The van der Waals surface area contributed by atoms with Gasteiger partial charge in [0.15, 0.2) is 0 Å². The third-order valence-corrected chi connectivity index (χ3v) is 4.50. The van der Waals surface area contributed by atoms with Crippen LogP contribution in [0.2, 0.25) is 0 Å². The molecule has 1 aliphatic rings. The standard InChI is InChI=1S/C18H20N2O4/c1-24-15-9-14(10-17(22)23)20(11-15)16(21)8-13-5-2-4-12-6-3-7-19-18(12)13/h2-7,14-15H,8-11H2,1H3,(H,22,23). The number of hydrogen-bond donors (Lipinski definition) is 1. The van der Waals surface area contributed by atoms with Gasteiger partial charge in [-0.1, -0.05) is 24.3 Å². The van der Waals surface area contributed by atoms with Crippen LogP contribution in [0.3, 0.4) is 0 Å². The second kappa shape index (κ2) is 6.97. The first-order valence-electron chi connectivity index (χ1n) is 7.95. The zero-order chi connectivity index (χ0) is 17.1. The van der Waals surface area contributed by atoms with E-state index in [2.05, 4.69) is 4.98 Å². The van der Waals surface area contributed by atoms with E-state index in [0.29, 0.717) is 13.0 Å². The highest BCUT2D eigenvalue weighted by Gasteiger charge is 2.36. The number of aromatic nitrogens is 1. The Morgan fingerprint density at radius 1 is 1.33 bits per heavy atom. The topological polar surface area (TPSA) is 79.7 Å². The first-order chi connectivity index (χ1) is 11.6. The molecule has 0 radical (unpaired) electrons. The Labute approximate surface area is 140 Å². The van der Waals surface area contributed by atoms with Crippen molar-refractivity contribution in [2.45, 2.75) is 31.4 Å². The number of rotatable bonds is 5. The molecular weight excluding hydrogens is 308 g/mol. The van der Waals surface area contributed by atoms with Gasteiger partial charge in [0.05, 0.1) is 24.5 Å². The molecule has 2 unspecified atom stereocenters. The van der Waals surface area contributed by atoms with E-state index in [-0.39, 0.29) is 30.9 Å². The number of fused-ring (bicyclic) bond motifs is 1. The predicted octanol–water partition coefficient (Wildman–Crippen LogP) is 1.87. The number of likely N-dealkylation sites (tertiary alicyclic amines) is 1. The monoisotopic (exact) mass is 328 g/mol. The number of aliphatic carboxylic acids is 1. The van der Waals surface area contributed by atoms with Gasteiger partial charge in [-0.2, -0.15) is 0 Å². The molecule has 0 bridgehead atoms. The van der Waals surface area contributed by atoms with Crippen LogP contribution in [-0.4, -0.2) is 52.7 Å². The molecule has 6 heteroatoms. The largest absolute Gasteiger partial charge is 0.481 e. The minimum Gasteiger partial charge on any atom is -0.481 e. The molecule has 1 aliphatic heterocycles. The number of amides is 1. The quantitative estimate of drug-likeness (QED) is 0.906. The first kappa shape index (κ1) is 16.4. The molecule has 1 fully saturated rings. The average Bonchev–Trinajstić information content (AvgIpc) is 2.97. The van der Waals surface area contributed by atoms with E-state index in [0.717, 1.165) is 16.5 Å². The molecule has 1 aromatic carbocycles. The number of carboxylic acids is 1. The van der Waals surface area contributed by atoms with Crippen molar-refractivity contribution in [2.24, 2.45) is 0 Å². The summed E-state index contributed by atoms with van der Waals surface area (Å²) in [4.78, 5) is 29.8. The smallest absolute Gasteiger partial charge is 0.305 e. The molecule has 126 valence electrons. The number of hydrogen-bond acceptors (Lipinski definition) is 4. The van der Waals surface area contributed by atoms with Crippen molar-refractivity contribution in [1.82, 2.24) is 9.88 Å². The van der Waals surface area contributed by atoms with Gasteiger partial charge in [0, 0.05) is 31.3 Å². The van der Waals surface area contributed by atoms with Gasteiger partial charge in [-0.05, 0) is 18.1 Å². The lowest BCUT2D eigenvalue weighted by molar-refractivity contribution is -0.139. The van der Waals surface area contributed by atoms with E-state index in [9.17, 15) is 9.59 Å². The van der Waals surface area contributed by atoms with Gasteiger partial charge in [-0.25, -0.2) is 0 Å². The Balaban J connectivity index is 1.81. The fourth-order valence-electron chi connectivity index (χ4n) is 3.32. The van der Waals surface area contributed by atoms with Crippen molar-refractivity contribution in [3.8, 4) is 0 Å². The number of carbonyl (C=O) groups is 2. The number of pyridine rings is 1. The predicted molar refractivity (Wildman–Crippen MR) is 88.6 cm³/mol. The number of nitrogens with zero attached hydrogens (tertiary/aromatic N) is 2. The summed E-state index contributed by atoms with van der Waals surface area (Å²) in [6.07, 6.45) is 2.31. The van der Waals surface area contributed by atoms with E-state index in [4.69, 9.17) is 9.84 Å². The van der Waals surface area contributed by atoms with Crippen molar-refractivity contribution in [2.75, 3.05) is 13.7 Å². The Bertz CT molecular complexity index is 756.